The SMILES string of the molecule is COc1ccc(C(/N=C/c2ccccc2O)/N=C/c2ccccc2O)cc1. The molecule has 0 aliphatic carbocycles. The lowest BCUT2D eigenvalue weighted by molar-refractivity contribution is 0.414. The third kappa shape index (κ3) is 4.73. The fourth-order valence-corrected chi connectivity index (χ4v) is 2.48. The van der Waals surface area contributed by atoms with Gasteiger partial charge in [-0.25, -0.2) is 0 Å². The molecule has 136 valence electrons. The Morgan fingerprint density at radius 2 is 1.22 bits per heavy atom. The molecule has 5 heteroatoms. The lowest BCUT2D eigenvalue weighted by atomic mass is 10.1. The molecule has 0 amide bonds. The van der Waals surface area contributed by atoms with Crippen LogP contribution in [0.4, 0.5) is 0 Å². The Morgan fingerprint density at radius 1 is 0.741 bits per heavy atom. The van der Waals surface area contributed by atoms with Crippen LogP contribution in [0.3, 0.4) is 0 Å². The molecular formula is C22H20N2O3. The van der Waals surface area contributed by atoms with Crippen LogP contribution < -0.4 is 4.74 Å². The van der Waals surface area contributed by atoms with Gasteiger partial charge in [0, 0.05) is 23.6 Å². The average Bonchev–Trinajstić information content (AvgIpc) is 2.70. The molecule has 0 saturated carbocycles. The van der Waals surface area contributed by atoms with Crippen LogP contribution in [0.2, 0.25) is 0 Å². The summed E-state index contributed by atoms with van der Waals surface area (Å²) in [5.41, 5.74) is 2.07. The number of hydrogen-bond acceptors (Lipinski definition) is 5. The highest BCUT2D eigenvalue weighted by atomic mass is 16.5. The van der Waals surface area contributed by atoms with Gasteiger partial charge in [0.1, 0.15) is 17.2 Å². The van der Waals surface area contributed by atoms with Gasteiger partial charge in [-0.15, -0.1) is 0 Å². The van der Waals surface area contributed by atoms with Gasteiger partial charge in [0.15, 0.2) is 6.17 Å². The maximum Gasteiger partial charge on any atom is 0.165 e. The molecule has 3 aromatic rings. The van der Waals surface area contributed by atoms with Gasteiger partial charge in [-0.1, -0.05) is 36.4 Å². The summed E-state index contributed by atoms with van der Waals surface area (Å²) in [6, 6.07) is 21.4. The predicted octanol–water partition coefficient (Wildman–Crippen LogP) is 4.34. The van der Waals surface area contributed by atoms with Crippen LogP contribution in [0.5, 0.6) is 17.2 Å². The monoisotopic (exact) mass is 360 g/mol. The van der Waals surface area contributed by atoms with Crippen LogP contribution in [0, 0.1) is 0 Å². The molecule has 0 heterocycles. The summed E-state index contributed by atoms with van der Waals surface area (Å²) < 4.78 is 5.20. The number of phenols is 2. The first-order valence-corrected chi connectivity index (χ1v) is 8.43. The van der Waals surface area contributed by atoms with Crippen molar-refractivity contribution in [1.29, 1.82) is 0 Å². The van der Waals surface area contributed by atoms with Crippen LogP contribution >= 0.6 is 0 Å². The summed E-state index contributed by atoms with van der Waals surface area (Å²) in [5, 5.41) is 19.9. The van der Waals surface area contributed by atoms with E-state index in [1.807, 2.05) is 36.4 Å². The highest BCUT2D eigenvalue weighted by Gasteiger charge is 2.08. The van der Waals surface area contributed by atoms with E-state index in [-0.39, 0.29) is 11.5 Å². The summed E-state index contributed by atoms with van der Waals surface area (Å²) in [4.78, 5) is 9.04. The molecule has 0 aromatic heterocycles. The van der Waals surface area contributed by atoms with E-state index in [4.69, 9.17) is 4.74 Å². The van der Waals surface area contributed by atoms with E-state index in [1.54, 1.807) is 55.9 Å². The van der Waals surface area contributed by atoms with E-state index in [9.17, 15) is 10.2 Å². The molecule has 27 heavy (non-hydrogen) atoms. The summed E-state index contributed by atoms with van der Waals surface area (Å²) >= 11 is 0. The Kier molecular flexibility index (Phi) is 5.84. The fraction of sp³-hybridized carbons (Fsp3) is 0.0909. The minimum absolute atomic E-state index is 0.152. The smallest absolute Gasteiger partial charge is 0.165 e. The third-order valence-electron chi connectivity index (χ3n) is 4.00. The van der Waals surface area contributed by atoms with E-state index < -0.39 is 6.17 Å². The summed E-state index contributed by atoms with van der Waals surface area (Å²) in [7, 11) is 1.61. The number of hydrogen-bond donors (Lipinski definition) is 2. The number of nitrogens with zero attached hydrogens (tertiary/aromatic N) is 2. The van der Waals surface area contributed by atoms with E-state index in [0.717, 1.165) is 11.3 Å². The minimum Gasteiger partial charge on any atom is -0.507 e. The maximum atomic E-state index is 9.93. The average molecular weight is 360 g/mol. The van der Waals surface area contributed by atoms with Crippen molar-refractivity contribution in [3.63, 3.8) is 0 Å². The maximum absolute atomic E-state index is 9.93. The predicted molar refractivity (Wildman–Crippen MR) is 107 cm³/mol. The number of benzene rings is 3. The van der Waals surface area contributed by atoms with Crippen LogP contribution in [-0.4, -0.2) is 29.8 Å². The molecular weight excluding hydrogens is 340 g/mol. The van der Waals surface area contributed by atoms with E-state index in [2.05, 4.69) is 9.98 Å². The van der Waals surface area contributed by atoms with Gasteiger partial charge in [-0.3, -0.25) is 9.98 Å². The molecule has 0 aliphatic rings. The first-order chi connectivity index (χ1) is 13.2. The van der Waals surface area contributed by atoms with Gasteiger partial charge < -0.3 is 14.9 Å². The van der Waals surface area contributed by atoms with Crippen molar-refractivity contribution >= 4 is 12.4 Å². The standard InChI is InChI=1S/C22H20N2O3/c1-27-19-12-10-16(11-13-19)22(23-14-17-6-2-4-8-20(17)25)24-15-18-7-3-5-9-21(18)26/h2-15,22,25-26H,1H3/b23-14+,24-15+. The first-order valence-electron chi connectivity index (χ1n) is 8.43. The van der Waals surface area contributed by atoms with Crippen molar-refractivity contribution in [3.8, 4) is 17.2 Å². The molecule has 0 spiro atoms. The molecule has 0 bridgehead atoms. The number of rotatable bonds is 6. The van der Waals surface area contributed by atoms with E-state index in [1.165, 1.54) is 0 Å². The summed E-state index contributed by atoms with van der Waals surface area (Å²) in [6.07, 6.45) is 2.65. The van der Waals surface area contributed by atoms with E-state index >= 15 is 0 Å². The van der Waals surface area contributed by atoms with Crippen LogP contribution in [-0.2, 0) is 0 Å². The highest BCUT2D eigenvalue weighted by Crippen LogP contribution is 2.24. The quantitative estimate of drug-likeness (QED) is 0.642. The van der Waals surface area contributed by atoms with Gasteiger partial charge >= 0.3 is 0 Å². The van der Waals surface area contributed by atoms with Crippen molar-refractivity contribution in [1.82, 2.24) is 0 Å². The van der Waals surface area contributed by atoms with Crippen molar-refractivity contribution in [2.45, 2.75) is 6.17 Å². The first kappa shape index (κ1) is 18.2. The molecule has 3 rings (SSSR count). The van der Waals surface area contributed by atoms with Gasteiger partial charge in [0.2, 0.25) is 0 Å². The molecule has 0 radical (unpaired) electrons. The highest BCUT2D eigenvalue weighted by molar-refractivity contribution is 5.85. The number of aromatic hydroxyl groups is 2. The zero-order valence-electron chi connectivity index (χ0n) is 14.9. The zero-order chi connectivity index (χ0) is 19.1. The number of para-hydroxylation sites is 2. The zero-order valence-corrected chi connectivity index (χ0v) is 14.9. The van der Waals surface area contributed by atoms with Gasteiger partial charge in [0.25, 0.3) is 0 Å². The molecule has 0 unspecified atom stereocenters. The van der Waals surface area contributed by atoms with Crippen LogP contribution in [0.1, 0.15) is 22.9 Å². The van der Waals surface area contributed by atoms with Crippen LogP contribution in [0.15, 0.2) is 82.8 Å². The molecule has 0 saturated heterocycles. The molecule has 0 aliphatic heterocycles. The lowest BCUT2D eigenvalue weighted by Gasteiger charge is -2.09. The number of methoxy groups -OCH3 is 1. The second kappa shape index (κ2) is 8.67. The molecule has 2 N–H and O–H groups in total. The molecule has 0 atom stereocenters. The molecule has 3 aromatic carbocycles. The number of aliphatic imine (C=N–C) groups is 2. The van der Waals surface area contributed by atoms with Crippen molar-refractivity contribution in [3.05, 3.63) is 89.5 Å². The molecule has 0 fully saturated rings. The Bertz CT molecular complexity index is 894. The van der Waals surface area contributed by atoms with Crippen molar-refractivity contribution in [2.75, 3.05) is 7.11 Å². The third-order valence-corrected chi connectivity index (χ3v) is 4.00. The van der Waals surface area contributed by atoms with Crippen LogP contribution in [0.25, 0.3) is 0 Å². The number of ether oxygens (including phenoxy) is 1. The minimum atomic E-state index is -0.532. The Hall–Kier alpha value is -3.60. The largest absolute Gasteiger partial charge is 0.507 e. The Morgan fingerprint density at radius 3 is 1.67 bits per heavy atom. The number of phenolic OH excluding ortho intramolecular Hbond substituents is 2. The van der Waals surface area contributed by atoms with Gasteiger partial charge in [-0.05, 0) is 42.0 Å². The fourth-order valence-electron chi connectivity index (χ4n) is 2.48. The summed E-state index contributed by atoms with van der Waals surface area (Å²) in [6.45, 7) is 0. The topological polar surface area (TPSA) is 74.4 Å². The Labute approximate surface area is 157 Å². The van der Waals surface area contributed by atoms with E-state index in [0.29, 0.717) is 11.1 Å². The van der Waals surface area contributed by atoms with Gasteiger partial charge in [-0.2, -0.15) is 0 Å². The lowest BCUT2D eigenvalue weighted by Crippen LogP contribution is -1.96. The van der Waals surface area contributed by atoms with Crippen molar-refractivity contribution < 1.29 is 14.9 Å². The second-order valence-corrected chi connectivity index (χ2v) is 5.82. The summed E-state index contributed by atoms with van der Waals surface area (Å²) in [5.74, 6) is 1.05. The second-order valence-electron chi connectivity index (χ2n) is 5.82. The van der Waals surface area contributed by atoms with Crippen molar-refractivity contribution in [2.24, 2.45) is 9.98 Å². The Balaban J connectivity index is 1.92. The van der Waals surface area contributed by atoms with Gasteiger partial charge in [0.05, 0.1) is 7.11 Å². The molecule has 5 nitrogen and oxygen atoms in total. The normalized spacial score (nSPS) is 11.5.